The summed E-state index contributed by atoms with van der Waals surface area (Å²) in [5.74, 6) is 0.366. The molecule has 0 radical (unpaired) electrons. The van der Waals surface area contributed by atoms with Crippen LogP contribution in [0, 0.1) is 0 Å². The Kier molecular flexibility index (Phi) is 4.72. The minimum absolute atomic E-state index is 0.0964. The number of amides is 1. The number of anilines is 1. The lowest BCUT2D eigenvalue weighted by molar-refractivity contribution is -0.115. The van der Waals surface area contributed by atoms with E-state index in [-0.39, 0.29) is 23.8 Å². The standard InChI is InChI=1S/C21H28N2O2/c1-13(2)23(14(3)4)21(25)17-7-9-19-16(12-17)6-8-18-15(5)20(24)10-11-22(18)19/h7,9,12-14H,6,8,10-11H2,1-5H3. The summed E-state index contributed by atoms with van der Waals surface area (Å²) in [6.45, 7) is 10.9. The van der Waals surface area contributed by atoms with Crippen LogP contribution in [0.4, 0.5) is 5.69 Å². The van der Waals surface area contributed by atoms with E-state index in [0.717, 1.165) is 41.9 Å². The van der Waals surface area contributed by atoms with Crippen molar-refractivity contribution in [3.8, 4) is 0 Å². The second-order valence-corrected chi connectivity index (χ2v) is 7.64. The highest BCUT2D eigenvalue weighted by Crippen LogP contribution is 2.37. The molecule has 1 aromatic rings. The molecule has 3 rings (SSSR count). The van der Waals surface area contributed by atoms with E-state index in [4.69, 9.17) is 0 Å². The molecule has 0 bridgehead atoms. The van der Waals surface area contributed by atoms with Crippen molar-refractivity contribution in [3.63, 3.8) is 0 Å². The van der Waals surface area contributed by atoms with E-state index in [9.17, 15) is 9.59 Å². The van der Waals surface area contributed by atoms with Gasteiger partial charge in [-0.05, 0) is 71.2 Å². The highest BCUT2D eigenvalue weighted by molar-refractivity contribution is 5.99. The normalized spacial score (nSPS) is 17.1. The molecule has 2 aliphatic heterocycles. The molecule has 0 aliphatic carbocycles. The van der Waals surface area contributed by atoms with Crippen LogP contribution in [-0.2, 0) is 11.2 Å². The van der Waals surface area contributed by atoms with Crippen LogP contribution in [0.3, 0.4) is 0 Å². The lowest BCUT2D eigenvalue weighted by Gasteiger charge is -2.38. The van der Waals surface area contributed by atoms with E-state index in [2.05, 4.69) is 44.7 Å². The van der Waals surface area contributed by atoms with Crippen LogP contribution in [-0.4, -0.2) is 35.2 Å². The molecule has 4 heteroatoms. The first kappa shape index (κ1) is 17.7. The molecular formula is C21H28N2O2. The minimum Gasteiger partial charge on any atom is -0.344 e. The fourth-order valence-electron chi connectivity index (χ4n) is 4.14. The van der Waals surface area contributed by atoms with Gasteiger partial charge < -0.3 is 9.80 Å². The van der Waals surface area contributed by atoms with Crippen LogP contribution in [0.25, 0.3) is 0 Å². The molecule has 25 heavy (non-hydrogen) atoms. The molecule has 134 valence electrons. The molecule has 0 N–H and O–H groups in total. The summed E-state index contributed by atoms with van der Waals surface area (Å²) in [6, 6.07) is 6.40. The largest absolute Gasteiger partial charge is 0.344 e. The molecule has 0 atom stereocenters. The van der Waals surface area contributed by atoms with E-state index in [1.54, 1.807) is 0 Å². The van der Waals surface area contributed by atoms with Gasteiger partial charge in [0.15, 0.2) is 5.78 Å². The number of rotatable bonds is 3. The van der Waals surface area contributed by atoms with Gasteiger partial charge in [0.05, 0.1) is 0 Å². The van der Waals surface area contributed by atoms with Crippen molar-refractivity contribution in [3.05, 3.63) is 40.6 Å². The highest BCUT2D eigenvalue weighted by Gasteiger charge is 2.30. The summed E-state index contributed by atoms with van der Waals surface area (Å²) in [5, 5.41) is 0. The fraction of sp³-hybridized carbons (Fsp3) is 0.524. The molecule has 1 aromatic carbocycles. The first-order chi connectivity index (χ1) is 11.8. The highest BCUT2D eigenvalue weighted by atomic mass is 16.2. The van der Waals surface area contributed by atoms with Crippen molar-refractivity contribution in [2.45, 2.75) is 66.0 Å². The second-order valence-electron chi connectivity index (χ2n) is 7.64. The topological polar surface area (TPSA) is 40.6 Å². The van der Waals surface area contributed by atoms with E-state index in [1.165, 1.54) is 5.56 Å². The zero-order valence-electron chi connectivity index (χ0n) is 15.9. The van der Waals surface area contributed by atoms with Crippen molar-refractivity contribution in [2.24, 2.45) is 0 Å². The van der Waals surface area contributed by atoms with Gasteiger partial charge in [-0.1, -0.05) is 0 Å². The summed E-state index contributed by atoms with van der Waals surface area (Å²) in [5.41, 5.74) is 5.20. The van der Waals surface area contributed by atoms with Crippen LogP contribution in [0.2, 0.25) is 0 Å². The van der Waals surface area contributed by atoms with Crippen molar-refractivity contribution < 1.29 is 9.59 Å². The quantitative estimate of drug-likeness (QED) is 0.837. The van der Waals surface area contributed by atoms with Crippen molar-refractivity contribution in [1.82, 2.24) is 4.90 Å². The Bertz CT molecular complexity index is 738. The molecule has 0 fully saturated rings. The van der Waals surface area contributed by atoms with Crippen LogP contribution in [0.5, 0.6) is 0 Å². The molecule has 2 aliphatic rings. The summed E-state index contributed by atoms with van der Waals surface area (Å²) in [7, 11) is 0. The summed E-state index contributed by atoms with van der Waals surface area (Å²) >= 11 is 0. The van der Waals surface area contributed by atoms with E-state index >= 15 is 0 Å². The van der Waals surface area contributed by atoms with Gasteiger partial charge in [-0.15, -0.1) is 0 Å². The predicted molar refractivity (Wildman–Crippen MR) is 101 cm³/mol. The molecule has 2 heterocycles. The number of fused-ring (bicyclic) bond motifs is 3. The van der Waals surface area contributed by atoms with Gasteiger partial charge in [0.2, 0.25) is 0 Å². The second kappa shape index (κ2) is 6.66. The zero-order chi connectivity index (χ0) is 18.3. The summed E-state index contributed by atoms with van der Waals surface area (Å²) < 4.78 is 0. The average Bonchev–Trinajstić information content (AvgIpc) is 2.56. The van der Waals surface area contributed by atoms with Gasteiger partial charge in [0.25, 0.3) is 5.91 Å². The number of hydrogen-bond acceptors (Lipinski definition) is 3. The predicted octanol–water partition coefficient (Wildman–Crippen LogP) is 3.95. The fourth-order valence-corrected chi connectivity index (χ4v) is 4.14. The van der Waals surface area contributed by atoms with Crippen LogP contribution < -0.4 is 4.90 Å². The maximum atomic E-state index is 12.9. The first-order valence-electron chi connectivity index (χ1n) is 9.27. The molecule has 4 nitrogen and oxygen atoms in total. The van der Waals surface area contributed by atoms with Gasteiger partial charge in [-0.2, -0.15) is 0 Å². The third-order valence-corrected chi connectivity index (χ3v) is 5.33. The number of Topliss-reactive ketones (excluding diaryl/α,β-unsaturated/α-hetero) is 1. The lowest BCUT2D eigenvalue weighted by atomic mass is 9.90. The number of hydrogen-bond donors (Lipinski definition) is 0. The van der Waals surface area contributed by atoms with Gasteiger partial charge in [-0.25, -0.2) is 0 Å². The van der Waals surface area contributed by atoms with Crippen molar-refractivity contribution in [2.75, 3.05) is 11.4 Å². The zero-order valence-corrected chi connectivity index (χ0v) is 15.9. The van der Waals surface area contributed by atoms with Crippen molar-refractivity contribution >= 4 is 17.4 Å². The van der Waals surface area contributed by atoms with Crippen LogP contribution in [0.15, 0.2) is 29.5 Å². The SMILES string of the molecule is CC1=C2CCc3cc(C(=O)N(C(C)C)C(C)C)ccc3N2CCC1=O. The van der Waals surface area contributed by atoms with E-state index in [1.807, 2.05) is 17.9 Å². The monoisotopic (exact) mass is 340 g/mol. The Balaban J connectivity index is 1.95. The molecular weight excluding hydrogens is 312 g/mol. The Morgan fingerprint density at radius 1 is 1.08 bits per heavy atom. The number of carbonyl (C=O) groups excluding carboxylic acids is 2. The van der Waals surface area contributed by atoms with Crippen LogP contribution in [0.1, 0.15) is 63.4 Å². The third-order valence-electron chi connectivity index (χ3n) is 5.33. The Morgan fingerprint density at radius 2 is 1.76 bits per heavy atom. The van der Waals surface area contributed by atoms with Gasteiger partial charge in [0, 0.05) is 47.6 Å². The maximum absolute atomic E-state index is 12.9. The maximum Gasteiger partial charge on any atom is 0.254 e. The Labute approximate surface area is 150 Å². The van der Waals surface area contributed by atoms with Gasteiger partial charge in [-0.3, -0.25) is 9.59 Å². The van der Waals surface area contributed by atoms with Crippen molar-refractivity contribution in [1.29, 1.82) is 0 Å². The molecule has 0 unspecified atom stereocenters. The number of ketones is 1. The lowest BCUT2D eigenvalue weighted by Crippen LogP contribution is -2.42. The number of benzene rings is 1. The van der Waals surface area contributed by atoms with Gasteiger partial charge in [0.1, 0.15) is 0 Å². The van der Waals surface area contributed by atoms with E-state index in [0.29, 0.717) is 6.42 Å². The Morgan fingerprint density at radius 3 is 2.40 bits per heavy atom. The molecule has 1 amide bonds. The molecule has 0 saturated heterocycles. The number of carbonyl (C=O) groups is 2. The number of allylic oxidation sites excluding steroid dienone is 2. The molecule has 0 aromatic heterocycles. The van der Waals surface area contributed by atoms with E-state index < -0.39 is 0 Å². The first-order valence-corrected chi connectivity index (χ1v) is 9.27. The summed E-state index contributed by atoms with van der Waals surface area (Å²) in [4.78, 5) is 29.1. The minimum atomic E-state index is 0.0964. The third kappa shape index (κ3) is 3.10. The average molecular weight is 340 g/mol. The summed E-state index contributed by atoms with van der Waals surface area (Å²) in [6.07, 6.45) is 2.33. The van der Waals surface area contributed by atoms with Gasteiger partial charge >= 0.3 is 0 Å². The smallest absolute Gasteiger partial charge is 0.254 e. The van der Waals surface area contributed by atoms with Crippen LogP contribution >= 0.6 is 0 Å². The number of nitrogens with zero attached hydrogens (tertiary/aromatic N) is 2. The molecule has 0 saturated carbocycles. The molecule has 0 spiro atoms. The Hall–Kier alpha value is -2.10. The number of aryl methyl sites for hydroxylation is 1.